The molecule has 4 rings (SSSR count). The third-order valence-electron chi connectivity index (χ3n) is 5.52. The Bertz CT molecular complexity index is 1120. The quantitative estimate of drug-likeness (QED) is 0.527. The minimum atomic E-state index is -3.70. The molecule has 1 fully saturated rings. The number of aryl methyl sites for hydroxylation is 2. The van der Waals surface area contributed by atoms with Gasteiger partial charge >= 0.3 is 0 Å². The Balaban J connectivity index is 1.75. The lowest BCUT2D eigenvalue weighted by molar-refractivity contribution is 0.559. The van der Waals surface area contributed by atoms with Gasteiger partial charge in [0.25, 0.3) is 10.0 Å². The number of anilines is 1. The Morgan fingerprint density at radius 2 is 1.41 bits per heavy atom. The van der Waals surface area contributed by atoms with Crippen LogP contribution in [0.3, 0.4) is 0 Å². The molecule has 3 aromatic carbocycles. The minimum Gasteiger partial charge on any atom is -0.242 e. The van der Waals surface area contributed by atoms with Gasteiger partial charge in [-0.25, -0.2) is 12.7 Å². The molecule has 0 saturated heterocycles. The number of sulfonamides is 1. The van der Waals surface area contributed by atoms with E-state index in [0.29, 0.717) is 10.6 Å². The molecule has 0 aliphatic heterocycles. The van der Waals surface area contributed by atoms with Gasteiger partial charge < -0.3 is 0 Å². The SMILES string of the molecule is Cc1ccc([C@H]2CC/C2=C/N(c2ccccc2)S(=O)(=O)c2ccc(C)cc2)cc1. The molecule has 1 atom stereocenters. The molecule has 0 spiro atoms. The summed E-state index contributed by atoms with van der Waals surface area (Å²) in [6.07, 6.45) is 3.78. The largest absolute Gasteiger partial charge is 0.268 e. The standard InChI is InChI=1S/C25H25NO2S/c1-19-8-12-21(13-9-19)25-17-14-22(25)18-26(23-6-4-3-5-7-23)29(27,28)24-15-10-20(2)11-16-24/h3-13,15-16,18,25H,14,17H2,1-2H3/b22-18-/t25-/m1/s1. The molecular weight excluding hydrogens is 378 g/mol. The van der Waals surface area contributed by atoms with Crippen LogP contribution in [-0.2, 0) is 10.0 Å². The van der Waals surface area contributed by atoms with Gasteiger partial charge in [0.2, 0.25) is 0 Å². The summed E-state index contributed by atoms with van der Waals surface area (Å²) in [6, 6.07) is 24.8. The molecule has 0 unspecified atom stereocenters. The first-order valence-electron chi connectivity index (χ1n) is 9.88. The third-order valence-corrected chi connectivity index (χ3v) is 7.22. The van der Waals surface area contributed by atoms with Crippen molar-refractivity contribution in [1.29, 1.82) is 0 Å². The van der Waals surface area contributed by atoms with E-state index in [1.165, 1.54) is 15.4 Å². The van der Waals surface area contributed by atoms with Crippen LogP contribution in [0.1, 0.15) is 35.4 Å². The van der Waals surface area contributed by atoms with E-state index >= 15 is 0 Å². The van der Waals surface area contributed by atoms with Crippen molar-refractivity contribution in [2.45, 2.75) is 37.5 Å². The summed E-state index contributed by atoms with van der Waals surface area (Å²) in [5.41, 5.74) is 5.30. The number of hydrogen-bond acceptors (Lipinski definition) is 2. The molecule has 0 bridgehead atoms. The van der Waals surface area contributed by atoms with Crippen molar-refractivity contribution in [3.63, 3.8) is 0 Å². The average molecular weight is 404 g/mol. The minimum absolute atomic E-state index is 0.273. The van der Waals surface area contributed by atoms with Crippen LogP contribution < -0.4 is 4.31 Å². The molecule has 29 heavy (non-hydrogen) atoms. The topological polar surface area (TPSA) is 37.4 Å². The van der Waals surface area contributed by atoms with Gasteiger partial charge in [-0.1, -0.05) is 65.7 Å². The molecule has 0 aromatic heterocycles. The normalized spacial score (nSPS) is 17.7. The summed E-state index contributed by atoms with van der Waals surface area (Å²) in [4.78, 5) is 0.301. The van der Waals surface area contributed by atoms with Gasteiger partial charge in [-0.05, 0) is 62.1 Å². The number of para-hydroxylation sites is 1. The van der Waals surface area contributed by atoms with Gasteiger partial charge in [0.05, 0.1) is 10.6 Å². The molecule has 3 nitrogen and oxygen atoms in total. The van der Waals surface area contributed by atoms with Crippen molar-refractivity contribution in [2.24, 2.45) is 0 Å². The summed E-state index contributed by atoms with van der Waals surface area (Å²) in [7, 11) is -3.70. The van der Waals surface area contributed by atoms with Gasteiger partial charge in [0.1, 0.15) is 0 Å². The lowest BCUT2D eigenvalue weighted by Crippen LogP contribution is -2.28. The number of benzene rings is 3. The Hall–Kier alpha value is -2.85. The van der Waals surface area contributed by atoms with E-state index in [0.717, 1.165) is 24.0 Å². The van der Waals surface area contributed by atoms with Gasteiger partial charge in [-0.2, -0.15) is 0 Å². The first kappa shape index (κ1) is 19.5. The average Bonchev–Trinajstić information content (AvgIpc) is 2.70. The van der Waals surface area contributed by atoms with E-state index in [1.807, 2.05) is 55.6 Å². The van der Waals surface area contributed by atoms with Crippen LogP contribution in [0.5, 0.6) is 0 Å². The second kappa shape index (κ2) is 7.88. The summed E-state index contributed by atoms with van der Waals surface area (Å²) < 4.78 is 28.4. The second-order valence-corrected chi connectivity index (χ2v) is 9.47. The second-order valence-electron chi connectivity index (χ2n) is 7.66. The highest BCUT2D eigenvalue weighted by molar-refractivity contribution is 7.93. The maximum atomic E-state index is 13.5. The molecular formula is C25H25NO2S. The summed E-state index contributed by atoms with van der Waals surface area (Å²) >= 11 is 0. The highest BCUT2D eigenvalue weighted by atomic mass is 32.2. The van der Waals surface area contributed by atoms with Crippen molar-refractivity contribution < 1.29 is 8.42 Å². The smallest absolute Gasteiger partial charge is 0.242 e. The summed E-state index contributed by atoms with van der Waals surface area (Å²) in [6.45, 7) is 4.03. The van der Waals surface area contributed by atoms with Crippen LogP contribution in [0.25, 0.3) is 0 Å². The molecule has 1 aliphatic carbocycles. The van der Waals surface area contributed by atoms with Gasteiger partial charge in [0.15, 0.2) is 0 Å². The molecule has 0 amide bonds. The first-order chi connectivity index (χ1) is 13.9. The fraction of sp³-hybridized carbons (Fsp3) is 0.200. The molecule has 3 aromatic rings. The van der Waals surface area contributed by atoms with Crippen LogP contribution in [-0.4, -0.2) is 8.42 Å². The molecule has 0 radical (unpaired) electrons. The third kappa shape index (κ3) is 3.99. The van der Waals surface area contributed by atoms with Crippen molar-refractivity contribution in [3.8, 4) is 0 Å². The van der Waals surface area contributed by atoms with Crippen LogP contribution in [0.15, 0.2) is 95.5 Å². The fourth-order valence-corrected chi connectivity index (χ4v) is 5.00. The number of hydrogen-bond donors (Lipinski definition) is 0. The van der Waals surface area contributed by atoms with Crippen LogP contribution in [0.2, 0.25) is 0 Å². The predicted octanol–water partition coefficient (Wildman–Crippen LogP) is 5.96. The van der Waals surface area contributed by atoms with Gasteiger partial charge in [-0.3, -0.25) is 0 Å². The van der Waals surface area contributed by atoms with Crippen LogP contribution in [0.4, 0.5) is 5.69 Å². The zero-order chi connectivity index (χ0) is 20.4. The van der Waals surface area contributed by atoms with Crippen molar-refractivity contribution in [1.82, 2.24) is 0 Å². The van der Waals surface area contributed by atoms with E-state index in [9.17, 15) is 8.42 Å². The Morgan fingerprint density at radius 3 is 1.97 bits per heavy atom. The maximum absolute atomic E-state index is 13.5. The lowest BCUT2D eigenvalue weighted by atomic mass is 9.75. The zero-order valence-corrected chi connectivity index (χ0v) is 17.6. The van der Waals surface area contributed by atoms with E-state index < -0.39 is 10.0 Å². The summed E-state index contributed by atoms with van der Waals surface area (Å²) in [5.74, 6) is 0.273. The van der Waals surface area contributed by atoms with Crippen molar-refractivity contribution in [3.05, 3.63) is 107 Å². The zero-order valence-electron chi connectivity index (χ0n) is 16.7. The van der Waals surface area contributed by atoms with Crippen molar-refractivity contribution >= 4 is 15.7 Å². The molecule has 148 valence electrons. The van der Waals surface area contributed by atoms with E-state index in [2.05, 4.69) is 31.2 Å². The molecule has 4 heteroatoms. The van der Waals surface area contributed by atoms with E-state index in [-0.39, 0.29) is 5.92 Å². The van der Waals surface area contributed by atoms with Crippen LogP contribution in [0, 0.1) is 13.8 Å². The lowest BCUT2D eigenvalue weighted by Gasteiger charge is -2.33. The molecule has 0 heterocycles. The molecule has 1 aliphatic rings. The predicted molar refractivity (Wildman–Crippen MR) is 119 cm³/mol. The highest BCUT2D eigenvalue weighted by Crippen LogP contribution is 2.43. The first-order valence-corrected chi connectivity index (χ1v) is 11.3. The van der Waals surface area contributed by atoms with Crippen molar-refractivity contribution in [2.75, 3.05) is 4.31 Å². The maximum Gasteiger partial charge on any atom is 0.268 e. The Labute approximate surface area is 173 Å². The van der Waals surface area contributed by atoms with Gasteiger partial charge in [-0.15, -0.1) is 0 Å². The van der Waals surface area contributed by atoms with Gasteiger partial charge in [0, 0.05) is 12.1 Å². The van der Waals surface area contributed by atoms with Crippen LogP contribution >= 0.6 is 0 Å². The van der Waals surface area contributed by atoms with E-state index in [4.69, 9.17) is 0 Å². The number of nitrogens with zero attached hydrogens (tertiary/aromatic N) is 1. The number of rotatable bonds is 5. The molecule has 0 N–H and O–H groups in total. The Morgan fingerprint density at radius 1 is 0.828 bits per heavy atom. The monoisotopic (exact) mass is 403 g/mol. The Kier molecular flexibility index (Phi) is 5.29. The number of allylic oxidation sites excluding steroid dienone is 1. The van der Waals surface area contributed by atoms with E-state index in [1.54, 1.807) is 12.1 Å². The highest BCUT2D eigenvalue weighted by Gasteiger charge is 2.30. The summed E-state index contributed by atoms with van der Waals surface area (Å²) in [5, 5.41) is 0. The fourth-order valence-electron chi connectivity index (χ4n) is 3.62. The molecule has 1 saturated carbocycles.